The van der Waals surface area contributed by atoms with Crippen LogP contribution in [-0.4, -0.2) is 44.4 Å². The fraction of sp³-hybridized carbons (Fsp3) is 1.00. The van der Waals surface area contributed by atoms with Crippen LogP contribution < -0.4 is 0 Å². The van der Waals surface area contributed by atoms with Crippen molar-refractivity contribution in [2.24, 2.45) is 0 Å². The molecule has 3 atom stereocenters. The van der Waals surface area contributed by atoms with E-state index in [-0.39, 0.29) is 71.1 Å². The molecule has 1 saturated carbocycles. The zero-order valence-electron chi connectivity index (χ0n) is 11.8. The maximum atomic E-state index is 10.1. The summed E-state index contributed by atoms with van der Waals surface area (Å²) in [6.07, 6.45) is 4.25. The van der Waals surface area contributed by atoms with Crippen molar-refractivity contribution in [2.45, 2.75) is 37.8 Å². The fourth-order valence-electron chi connectivity index (χ4n) is 1.33. The molecule has 0 radical (unpaired) electrons. The van der Waals surface area contributed by atoms with Crippen molar-refractivity contribution < 1.29 is 60.1 Å². The van der Waals surface area contributed by atoms with Gasteiger partial charge in [-0.25, -0.2) is 8.88 Å². The van der Waals surface area contributed by atoms with Gasteiger partial charge >= 0.3 is 36.5 Å². The van der Waals surface area contributed by atoms with Gasteiger partial charge in [0.05, 0.1) is 0 Å². The summed E-state index contributed by atoms with van der Waals surface area (Å²) in [5.74, 6) is 0. The summed E-state index contributed by atoms with van der Waals surface area (Å²) < 4.78 is 23.3. The molecule has 0 aromatic rings. The van der Waals surface area contributed by atoms with Crippen molar-refractivity contribution in [3.8, 4) is 0 Å². The van der Waals surface area contributed by atoms with Crippen LogP contribution in [0, 0.1) is 0 Å². The molecule has 1 aliphatic carbocycles. The molecule has 22 heavy (non-hydrogen) atoms. The number of nitrogens with one attached hydrogen (secondary N) is 2. The molecule has 0 aromatic carbocycles. The van der Waals surface area contributed by atoms with E-state index in [9.17, 15) is 9.13 Å². The standard InChI is InChI=1S/C6H12N2.CH6O6P2.2H2O.Pt.2H2S/c7-5-3-1-2-4-6(5)8;1-8(2,3)7-9(4,5)6;;;;;/h5-8H,1-4H2;1H3,(H,2,3)(H2,4,5,6);2*1H2;;2*1H2/q-2;;;;+2;;/t5-,6-;;;;;;/m0....../s1. The SMILES string of the molecule is CP(=O)(O)OP(=O)(O)O.O.O.S.S.[NH-][C@H]1CCCC[C@@H]1[NH-].[Pt+2]. The molecule has 0 bridgehead atoms. The molecule has 10 nitrogen and oxygen atoms in total. The van der Waals surface area contributed by atoms with E-state index in [1.54, 1.807) is 0 Å². The molecule has 15 heteroatoms. The molecule has 1 aliphatic rings. The first-order chi connectivity index (χ1) is 7.51. The molecule has 144 valence electrons. The predicted molar refractivity (Wildman–Crippen MR) is 91.6 cm³/mol. The molecule has 0 amide bonds. The van der Waals surface area contributed by atoms with Crippen molar-refractivity contribution in [1.29, 1.82) is 0 Å². The van der Waals surface area contributed by atoms with Crippen LogP contribution in [0.2, 0.25) is 0 Å². The third-order valence-electron chi connectivity index (χ3n) is 2.02. The molecule has 9 N–H and O–H groups in total. The molecular formula is C7H26N2O8P2PtS2. The molecule has 1 fully saturated rings. The van der Waals surface area contributed by atoms with Crippen LogP contribution in [-0.2, 0) is 34.5 Å². The van der Waals surface area contributed by atoms with Crippen molar-refractivity contribution in [3.63, 3.8) is 0 Å². The molecule has 0 heterocycles. The maximum Gasteiger partial charge on any atom is 2.00 e. The summed E-state index contributed by atoms with van der Waals surface area (Å²) in [5, 5.41) is 0. The third kappa shape index (κ3) is 26.4. The van der Waals surface area contributed by atoms with Crippen LogP contribution in [0.15, 0.2) is 0 Å². The number of hydrogen-bond donors (Lipinski definition) is 3. The van der Waals surface area contributed by atoms with Crippen LogP contribution >= 0.6 is 42.4 Å². The quantitative estimate of drug-likeness (QED) is 0.399. The van der Waals surface area contributed by atoms with Gasteiger partial charge in [-0.05, 0) is 0 Å². The minimum absolute atomic E-state index is 0. The van der Waals surface area contributed by atoms with Crippen LogP contribution in [0.5, 0.6) is 0 Å². The van der Waals surface area contributed by atoms with Crippen LogP contribution in [0.4, 0.5) is 0 Å². The third-order valence-corrected chi connectivity index (χ3v) is 4.09. The second-order valence-electron chi connectivity index (χ2n) is 3.87. The molecule has 1 unspecified atom stereocenters. The number of hydrogen-bond acceptors (Lipinski definition) is 3. The van der Waals surface area contributed by atoms with E-state index in [1.165, 1.54) is 12.8 Å². The zero-order chi connectivity index (χ0) is 13.7. The number of phosphoric acid groups is 1. The van der Waals surface area contributed by atoms with E-state index in [2.05, 4.69) is 4.31 Å². The minimum Gasteiger partial charge on any atom is -0.676 e. The second kappa shape index (κ2) is 17.4. The van der Waals surface area contributed by atoms with Gasteiger partial charge in [0, 0.05) is 6.66 Å². The molecule has 0 aromatic heterocycles. The van der Waals surface area contributed by atoms with Gasteiger partial charge in [0.2, 0.25) is 0 Å². The summed E-state index contributed by atoms with van der Waals surface area (Å²) in [5.41, 5.74) is 14.6. The summed E-state index contributed by atoms with van der Waals surface area (Å²) >= 11 is 0. The first kappa shape index (κ1) is 38.9. The van der Waals surface area contributed by atoms with E-state index < -0.39 is 15.4 Å². The monoisotopic (exact) mass is 587 g/mol. The molecular weight excluding hydrogens is 561 g/mol. The van der Waals surface area contributed by atoms with Crippen molar-refractivity contribution in [3.05, 3.63) is 11.5 Å². The second-order valence-corrected chi connectivity index (χ2v) is 7.11. The zero-order valence-corrected chi connectivity index (χ0v) is 17.8. The Hall–Kier alpha value is 1.53. The summed E-state index contributed by atoms with van der Waals surface area (Å²) in [6, 6.07) is -0.160. The molecule has 1 rings (SSSR count). The van der Waals surface area contributed by atoms with Gasteiger partial charge in [0.1, 0.15) is 0 Å². The summed E-state index contributed by atoms with van der Waals surface area (Å²) in [6.45, 7) is 0.687. The maximum absolute atomic E-state index is 10.1. The van der Waals surface area contributed by atoms with Gasteiger partial charge in [-0.2, -0.15) is 39.1 Å². The molecule has 0 spiro atoms. The van der Waals surface area contributed by atoms with E-state index in [4.69, 9.17) is 26.1 Å². The number of rotatable bonds is 2. The first-order valence-corrected chi connectivity index (χ1v) is 8.56. The van der Waals surface area contributed by atoms with Crippen molar-refractivity contribution in [2.75, 3.05) is 6.66 Å². The Balaban J connectivity index is -0.0000000475. The van der Waals surface area contributed by atoms with E-state index in [0.717, 1.165) is 12.8 Å². The Bertz CT molecular complexity index is 302. The Morgan fingerprint density at radius 3 is 1.32 bits per heavy atom. The van der Waals surface area contributed by atoms with Gasteiger partial charge in [0.25, 0.3) is 0 Å². The van der Waals surface area contributed by atoms with E-state index in [0.29, 0.717) is 6.66 Å². The van der Waals surface area contributed by atoms with Crippen LogP contribution in [0.3, 0.4) is 0 Å². The van der Waals surface area contributed by atoms with E-state index in [1.807, 2.05) is 0 Å². The Morgan fingerprint density at radius 1 is 0.955 bits per heavy atom. The molecule has 0 saturated heterocycles. The fourth-order valence-corrected chi connectivity index (χ4v) is 2.91. The Kier molecular flexibility index (Phi) is 30.7. The largest absolute Gasteiger partial charge is 2.00 e. The first-order valence-electron chi connectivity index (χ1n) is 5.00. The van der Waals surface area contributed by atoms with Gasteiger partial charge in [-0.1, -0.05) is 25.7 Å². The summed E-state index contributed by atoms with van der Waals surface area (Å²) in [7, 11) is -8.85. The van der Waals surface area contributed by atoms with Gasteiger partial charge in [0.15, 0.2) is 0 Å². The predicted octanol–water partition coefficient (Wildman–Crippen LogP) is 0.887. The van der Waals surface area contributed by atoms with E-state index >= 15 is 0 Å². The van der Waals surface area contributed by atoms with Crippen molar-refractivity contribution in [1.82, 2.24) is 0 Å². The molecule has 0 aliphatic heterocycles. The normalized spacial score (nSPS) is 22.3. The van der Waals surface area contributed by atoms with Gasteiger partial charge < -0.3 is 37.1 Å². The smallest absolute Gasteiger partial charge is 0.676 e. The van der Waals surface area contributed by atoms with Crippen molar-refractivity contribution >= 4 is 42.4 Å². The summed E-state index contributed by atoms with van der Waals surface area (Å²) in [4.78, 5) is 24.0. The average Bonchev–Trinajstić information content (AvgIpc) is 2.04. The topological polar surface area (TPSA) is 215 Å². The van der Waals surface area contributed by atoms with Crippen LogP contribution in [0.25, 0.3) is 11.5 Å². The minimum atomic E-state index is -4.80. The van der Waals surface area contributed by atoms with Gasteiger partial charge in [-0.15, -0.1) is 0 Å². The Labute approximate surface area is 158 Å². The average molecular weight is 587 g/mol. The Morgan fingerprint density at radius 2 is 1.23 bits per heavy atom. The van der Waals surface area contributed by atoms with Crippen LogP contribution in [0.1, 0.15) is 25.7 Å². The van der Waals surface area contributed by atoms with Gasteiger partial charge in [-0.3, -0.25) is 4.57 Å².